The maximum Gasteiger partial charge on any atom is 0.182 e. The number of rotatable bonds is 3. The molecule has 0 fully saturated rings. The Balaban J connectivity index is 1.48. The fourth-order valence-electron chi connectivity index (χ4n) is 6.92. The SMILES string of the molecule is Fc1ccc(N(c2ccc(F)cc2)c2cccc3c2-c2ccccc2[Si]32c3ccccc3-c3ccccc32)cc1. The largest absolute Gasteiger partial charge is 0.310 e. The van der Waals surface area contributed by atoms with E-state index in [-0.39, 0.29) is 11.6 Å². The van der Waals surface area contributed by atoms with Crippen LogP contribution in [0.15, 0.2) is 140 Å². The Bertz CT molecular complexity index is 1840. The van der Waals surface area contributed by atoms with Crippen molar-refractivity contribution in [3.05, 3.63) is 151 Å². The maximum absolute atomic E-state index is 14.0. The molecule has 40 heavy (non-hydrogen) atoms. The molecule has 4 heteroatoms. The zero-order chi connectivity index (χ0) is 26.8. The molecule has 1 spiro atoms. The predicted molar refractivity (Wildman–Crippen MR) is 163 cm³/mol. The molecule has 0 atom stereocenters. The number of nitrogens with zero attached hydrogens (tertiary/aromatic N) is 1. The van der Waals surface area contributed by atoms with Crippen molar-refractivity contribution in [2.24, 2.45) is 0 Å². The highest BCUT2D eigenvalue weighted by Crippen LogP contribution is 2.44. The third-order valence-electron chi connectivity index (χ3n) is 8.41. The minimum absolute atomic E-state index is 0.294. The molecule has 2 aliphatic heterocycles. The van der Waals surface area contributed by atoms with E-state index in [0.717, 1.165) is 17.1 Å². The summed E-state index contributed by atoms with van der Waals surface area (Å²) < 4.78 is 28.1. The van der Waals surface area contributed by atoms with Crippen molar-refractivity contribution in [2.75, 3.05) is 4.90 Å². The van der Waals surface area contributed by atoms with Gasteiger partial charge in [-0.2, -0.15) is 0 Å². The number of benzene rings is 6. The summed E-state index contributed by atoms with van der Waals surface area (Å²) in [6, 6.07) is 46.1. The molecule has 0 amide bonds. The first-order valence-corrected chi connectivity index (χ1v) is 15.4. The van der Waals surface area contributed by atoms with Crippen molar-refractivity contribution in [2.45, 2.75) is 0 Å². The Morgan fingerprint density at radius 2 is 0.825 bits per heavy atom. The van der Waals surface area contributed by atoms with Gasteiger partial charge in [0.2, 0.25) is 0 Å². The summed E-state index contributed by atoms with van der Waals surface area (Å²) in [7, 11) is -2.60. The molecule has 2 aliphatic rings. The molecule has 0 saturated heterocycles. The molecule has 6 aromatic rings. The molecule has 0 unspecified atom stereocenters. The van der Waals surface area contributed by atoms with Crippen LogP contribution in [0.25, 0.3) is 22.3 Å². The van der Waals surface area contributed by atoms with E-state index in [0.29, 0.717) is 0 Å². The Kier molecular flexibility index (Phi) is 4.97. The second kappa shape index (κ2) is 8.60. The van der Waals surface area contributed by atoms with Gasteiger partial charge >= 0.3 is 0 Å². The van der Waals surface area contributed by atoms with E-state index in [1.807, 2.05) is 0 Å². The van der Waals surface area contributed by atoms with Crippen molar-refractivity contribution in [1.29, 1.82) is 0 Å². The van der Waals surface area contributed by atoms with Crippen LogP contribution in [0.1, 0.15) is 0 Å². The Morgan fingerprint density at radius 3 is 1.35 bits per heavy atom. The summed E-state index contributed by atoms with van der Waals surface area (Å²) in [4.78, 5) is 2.12. The maximum atomic E-state index is 14.0. The predicted octanol–water partition coefficient (Wildman–Crippen LogP) is 6.77. The fourth-order valence-corrected chi connectivity index (χ4v) is 12.5. The summed E-state index contributed by atoms with van der Waals surface area (Å²) in [5, 5.41) is 5.55. The lowest BCUT2D eigenvalue weighted by atomic mass is 10.0. The Hall–Kier alpha value is -4.80. The van der Waals surface area contributed by atoms with Gasteiger partial charge in [-0.05, 0) is 92.0 Å². The van der Waals surface area contributed by atoms with Crippen molar-refractivity contribution >= 4 is 45.9 Å². The fraction of sp³-hybridized carbons (Fsp3) is 0. The van der Waals surface area contributed by atoms with E-state index in [1.165, 1.54) is 67.3 Å². The molecule has 0 radical (unpaired) electrons. The zero-order valence-corrected chi connectivity index (χ0v) is 22.5. The van der Waals surface area contributed by atoms with Crippen LogP contribution in [0, 0.1) is 11.6 Å². The highest BCUT2D eigenvalue weighted by atomic mass is 28.3. The number of hydrogen-bond donors (Lipinski definition) is 0. The summed E-state index contributed by atoms with van der Waals surface area (Å²) in [6.07, 6.45) is 0. The summed E-state index contributed by atoms with van der Waals surface area (Å²) >= 11 is 0. The lowest BCUT2D eigenvalue weighted by molar-refractivity contribution is 0.628. The average Bonchev–Trinajstić information content (AvgIpc) is 3.47. The molecule has 0 N–H and O–H groups in total. The van der Waals surface area contributed by atoms with Gasteiger partial charge in [0.1, 0.15) is 11.6 Å². The topological polar surface area (TPSA) is 3.24 Å². The first-order chi connectivity index (χ1) is 19.7. The Labute approximate surface area is 232 Å². The van der Waals surface area contributed by atoms with Crippen LogP contribution in [0.2, 0.25) is 0 Å². The monoisotopic (exact) mass is 535 g/mol. The average molecular weight is 536 g/mol. The smallest absolute Gasteiger partial charge is 0.182 e. The van der Waals surface area contributed by atoms with E-state index in [2.05, 4.69) is 95.9 Å². The lowest BCUT2D eigenvalue weighted by Crippen LogP contribution is -2.70. The molecular weight excluding hydrogens is 512 g/mol. The van der Waals surface area contributed by atoms with E-state index in [9.17, 15) is 8.78 Å². The second-order valence-corrected chi connectivity index (χ2v) is 14.0. The number of fused-ring (bicyclic) bond motifs is 10. The van der Waals surface area contributed by atoms with Crippen LogP contribution >= 0.6 is 0 Å². The van der Waals surface area contributed by atoms with Crippen LogP contribution in [0.4, 0.5) is 25.8 Å². The van der Waals surface area contributed by atoms with Crippen LogP contribution in [-0.2, 0) is 0 Å². The van der Waals surface area contributed by atoms with Crippen LogP contribution < -0.4 is 25.6 Å². The van der Waals surface area contributed by atoms with Crippen LogP contribution in [0.3, 0.4) is 0 Å². The zero-order valence-electron chi connectivity index (χ0n) is 21.5. The van der Waals surface area contributed by atoms with Gasteiger partial charge in [-0.15, -0.1) is 0 Å². The third kappa shape index (κ3) is 3.05. The van der Waals surface area contributed by atoms with Gasteiger partial charge in [0.25, 0.3) is 0 Å². The number of halogens is 2. The van der Waals surface area contributed by atoms with E-state index in [4.69, 9.17) is 0 Å². The molecule has 190 valence electrons. The van der Waals surface area contributed by atoms with Gasteiger partial charge < -0.3 is 4.90 Å². The minimum atomic E-state index is -2.60. The van der Waals surface area contributed by atoms with E-state index < -0.39 is 8.07 Å². The van der Waals surface area contributed by atoms with Gasteiger partial charge in [-0.25, -0.2) is 8.78 Å². The number of anilines is 3. The molecule has 0 bridgehead atoms. The van der Waals surface area contributed by atoms with E-state index in [1.54, 1.807) is 24.3 Å². The molecule has 8 rings (SSSR count). The highest BCUT2D eigenvalue weighted by molar-refractivity contribution is 7.24. The molecule has 1 nitrogen and oxygen atoms in total. The van der Waals surface area contributed by atoms with Gasteiger partial charge in [-0.1, -0.05) is 84.9 Å². The summed E-state index contributed by atoms with van der Waals surface area (Å²) in [5.41, 5.74) is 7.65. The van der Waals surface area contributed by atoms with Crippen LogP contribution in [0.5, 0.6) is 0 Å². The standard InChI is InChI=1S/C36H23F2NSi/c37-24-16-20-26(21-17-24)39(27-22-18-25(38)19-23-27)31-11-7-15-35-36(31)30-10-3-6-14-34(30)40(35)32-12-4-1-8-28(32)29-9-2-5-13-33(29)40/h1-23H. The Morgan fingerprint density at radius 1 is 0.400 bits per heavy atom. The third-order valence-corrected chi connectivity index (χ3v) is 13.4. The van der Waals surface area contributed by atoms with Gasteiger partial charge in [0.05, 0.1) is 5.69 Å². The first-order valence-electron chi connectivity index (χ1n) is 13.4. The second-order valence-electron chi connectivity index (χ2n) is 10.4. The minimum Gasteiger partial charge on any atom is -0.310 e. The van der Waals surface area contributed by atoms with Crippen LogP contribution in [-0.4, -0.2) is 8.07 Å². The first kappa shape index (κ1) is 23.1. The van der Waals surface area contributed by atoms with Crippen molar-refractivity contribution < 1.29 is 8.78 Å². The van der Waals surface area contributed by atoms with Gasteiger partial charge in [0.15, 0.2) is 8.07 Å². The number of hydrogen-bond acceptors (Lipinski definition) is 1. The van der Waals surface area contributed by atoms with Crippen molar-refractivity contribution in [3.8, 4) is 22.3 Å². The molecule has 0 aromatic heterocycles. The molecule has 0 saturated carbocycles. The molecule has 2 heterocycles. The van der Waals surface area contributed by atoms with Gasteiger partial charge in [0, 0.05) is 16.9 Å². The summed E-state index contributed by atoms with van der Waals surface area (Å²) in [6.45, 7) is 0. The highest BCUT2D eigenvalue weighted by Gasteiger charge is 2.54. The normalized spacial score (nSPS) is 13.4. The van der Waals surface area contributed by atoms with Crippen molar-refractivity contribution in [3.63, 3.8) is 0 Å². The lowest BCUT2D eigenvalue weighted by Gasteiger charge is -2.30. The molecule has 6 aromatic carbocycles. The molecule has 0 aliphatic carbocycles. The van der Waals surface area contributed by atoms with Gasteiger partial charge in [-0.3, -0.25) is 0 Å². The van der Waals surface area contributed by atoms with Crippen molar-refractivity contribution in [1.82, 2.24) is 0 Å². The molecular formula is C36H23F2NSi. The van der Waals surface area contributed by atoms with E-state index >= 15 is 0 Å². The quantitative estimate of drug-likeness (QED) is 0.226. The summed E-state index contributed by atoms with van der Waals surface area (Å²) in [5.74, 6) is -0.589.